The van der Waals surface area contributed by atoms with Crippen molar-refractivity contribution in [3.05, 3.63) is 23.8 Å². The van der Waals surface area contributed by atoms with E-state index in [4.69, 9.17) is 5.11 Å². The maximum Gasteiger partial charge on any atom is 0.304 e. The van der Waals surface area contributed by atoms with Crippen LogP contribution >= 0.6 is 0 Å². The normalized spacial score (nSPS) is 39.2. The molecule has 0 spiro atoms. The van der Waals surface area contributed by atoms with Crippen LogP contribution in [0.4, 0.5) is 0 Å². The van der Waals surface area contributed by atoms with Gasteiger partial charge in [-0.05, 0) is 36.7 Å². The van der Waals surface area contributed by atoms with Gasteiger partial charge in [-0.3, -0.25) is 9.59 Å². The van der Waals surface area contributed by atoms with Gasteiger partial charge in [-0.1, -0.05) is 32.1 Å². The van der Waals surface area contributed by atoms with Crippen LogP contribution in [-0.4, -0.2) is 16.9 Å². The summed E-state index contributed by atoms with van der Waals surface area (Å²) in [7, 11) is 0. The molecule has 2 aliphatic rings. The summed E-state index contributed by atoms with van der Waals surface area (Å²) in [5.41, 5.74) is -0.0366. The van der Waals surface area contributed by atoms with Crippen LogP contribution in [0.3, 0.4) is 0 Å². The van der Waals surface area contributed by atoms with Crippen molar-refractivity contribution in [2.45, 2.75) is 40.0 Å². The van der Waals surface area contributed by atoms with Gasteiger partial charge in [0.25, 0.3) is 0 Å². The van der Waals surface area contributed by atoms with Crippen LogP contribution in [-0.2, 0) is 9.59 Å². The minimum absolute atomic E-state index is 0.0855. The van der Waals surface area contributed by atoms with Gasteiger partial charge in [-0.2, -0.15) is 0 Å². The smallest absolute Gasteiger partial charge is 0.304 e. The number of allylic oxidation sites excluding steroid dienone is 4. The molecule has 0 saturated carbocycles. The van der Waals surface area contributed by atoms with Crippen molar-refractivity contribution in [1.29, 1.82) is 0 Å². The van der Waals surface area contributed by atoms with Crippen molar-refractivity contribution in [1.82, 2.24) is 0 Å². The van der Waals surface area contributed by atoms with Crippen LogP contribution in [0.15, 0.2) is 23.8 Å². The zero-order valence-electron chi connectivity index (χ0n) is 11.2. The molecule has 0 saturated heterocycles. The lowest BCUT2D eigenvalue weighted by molar-refractivity contribution is -0.143. The Labute approximate surface area is 108 Å². The molecule has 0 fully saturated rings. The number of hydrogen-bond acceptors (Lipinski definition) is 2. The molecule has 0 unspecified atom stereocenters. The fourth-order valence-electron chi connectivity index (χ4n) is 3.69. The topological polar surface area (TPSA) is 54.4 Å². The lowest BCUT2D eigenvalue weighted by Gasteiger charge is -2.49. The summed E-state index contributed by atoms with van der Waals surface area (Å²) in [6.07, 6.45) is 7.54. The van der Waals surface area contributed by atoms with E-state index in [1.54, 1.807) is 0 Å². The number of rotatable bonds is 2. The van der Waals surface area contributed by atoms with E-state index in [0.717, 1.165) is 18.4 Å². The van der Waals surface area contributed by atoms with Gasteiger partial charge in [0.05, 0.1) is 6.42 Å². The molecule has 2 rings (SSSR count). The van der Waals surface area contributed by atoms with E-state index in [2.05, 4.69) is 0 Å². The van der Waals surface area contributed by atoms with Gasteiger partial charge in [-0.15, -0.1) is 0 Å². The van der Waals surface area contributed by atoms with E-state index in [0.29, 0.717) is 0 Å². The van der Waals surface area contributed by atoms with Crippen molar-refractivity contribution in [3.8, 4) is 0 Å². The lowest BCUT2D eigenvalue weighted by Crippen LogP contribution is -2.48. The predicted molar refractivity (Wildman–Crippen MR) is 69.1 cm³/mol. The molecule has 0 aliphatic heterocycles. The molecule has 0 bridgehead atoms. The minimum atomic E-state index is -0.801. The molecule has 1 N–H and O–H groups in total. The number of carbonyl (C=O) groups excluding carboxylic acids is 1. The number of carbonyl (C=O) groups is 2. The fourth-order valence-corrected chi connectivity index (χ4v) is 3.69. The van der Waals surface area contributed by atoms with E-state index in [-0.39, 0.29) is 18.1 Å². The Morgan fingerprint density at radius 1 is 1.50 bits per heavy atom. The first kappa shape index (κ1) is 13.1. The number of carboxylic acid groups (broad SMARTS) is 1. The predicted octanol–water partition coefficient (Wildman–Crippen LogP) is 2.97. The standard InChI is InChI=1S/C15H20O3/c1-10-5-6-11-14(2,9-12(16)17)7-4-8-15(11,3)13(10)18/h4-5,7,11H,6,8-9H2,1-3H3,(H,16,17)/t11-,14-,15-/m0/s1. The first-order chi connectivity index (χ1) is 8.29. The SMILES string of the molecule is CC1=CC[C@H]2[C@](C)(CC(=O)O)C=CC[C@]2(C)C1=O. The Kier molecular flexibility index (Phi) is 2.96. The van der Waals surface area contributed by atoms with E-state index in [1.807, 2.05) is 39.0 Å². The van der Waals surface area contributed by atoms with Crippen molar-refractivity contribution in [2.24, 2.45) is 16.7 Å². The third-order valence-electron chi connectivity index (χ3n) is 4.67. The Morgan fingerprint density at radius 2 is 2.17 bits per heavy atom. The van der Waals surface area contributed by atoms with Crippen molar-refractivity contribution < 1.29 is 14.7 Å². The molecule has 98 valence electrons. The van der Waals surface area contributed by atoms with Crippen molar-refractivity contribution in [3.63, 3.8) is 0 Å². The first-order valence-corrected chi connectivity index (χ1v) is 6.41. The molecule has 0 radical (unpaired) electrons. The second-order valence-electron chi connectivity index (χ2n) is 6.10. The summed E-state index contributed by atoms with van der Waals surface area (Å²) < 4.78 is 0. The van der Waals surface area contributed by atoms with Crippen LogP contribution in [0.2, 0.25) is 0 Å². The minimum Gasteiger partial charge on any atom is -0.481 e. The third kappa shape index (κ3) is 1.82. The fraction of sp³-hybridized carbons (Fsp3) is 0.600. The average Bonchev–Trinajstić information content (AvgIpc) is 2.24. The number of ketones is 1. The van der Waals surface area contributed by atoms with E-state index in [9.17, 15) is 9.59 Å². The summed E-state index contributed by atoms with van der Waals surface area (Å²) in [6, 6.07) is 0. The Hall–Kier alpha value is -1.38. The van der Waals surface area contributed by atoms with Gasteiger partial charge in [0, 0.05) is 5.41 Å². The maximum absolute atomic E-state index is 12.4. The Balaban J connectivity index is 2.44. The van der Waals surface area contributed by atoms with Crippen LogP contribution in [0, 0.1) is 16.7 Å². The quantitative estimate of drug-likeness (QED) is 0.764. The number of hydrogen-bond donors (Lipinski definition) is 1. The summed E-state index contributed by atoms with van der Waals surface area (Å²) in [4.78, 5) is 23.5. The molecule has 3 atom stereocenters. The highest BCUT2D eigenvalue weighted by atomic mass is 16.4. The molecule has 3 heteroatoms. The van der Waals surface area contributed by atoms with Crippen LogP contribution in [0.25, 0.3) is 0 Å². The third-order valence-corrected chi connectivity index (χ3v) is 4.67. The van der Waals surface area contributed by atoms with E-state index >= 15 is 0 Å². The van der Waals surface area contributed by atoms with Crippen LogP contribution in [0.5, 0.6) is 0 Å². The van der Waals surface area contributed by atoms with Gasteiger partial charge >= 0.3 is 5.97 Å². The van der Waals surface area contributed by atoms with Gasteiger partial charge in [0.1, 0.15) is 0 Å². The highest BCUT2D eigenvalue weighted by Gasteiger charge is 2.52. The lowest BCUT2D eigenvalue weighted by atomic mass is 9.53. The summed E-state index contributed by atoms with van der Waals surface area (Å²) in [6.45, 7) is 5.80. The Bertz CT molecular complexity index is 460. The molecule has 0 amide bonds. The maximum atomic E-state index is 12.4. The van der Waals surface area contributed by atoms with Crippen LogP contribution in [0.1, 0.15) is 40.0 Å². The average molecular weight is 248 g/mol. The second-order valence-corrected chi connectivity index (χ2v) is 6.10. The number of carboxylic acids is 1. The largest absolute Gasteiger partial charge is 0.481 e. The molecular weight excluding hydrogens is 228 g/mol. The summed E-state index contributed by atoms with van der Waals surface area (Å²) in [5.74, 6) is -0.535. The molecular formula is C15H20O3. The van der Waals surface area contributed by atoms with Gasteiger partial charge < -0.3 is 5.11 Å². The van der Waals surface area contributed by atoms with Crippen molar-refractivity contribution in [2.75, 3.05) is 0 Å². The zero-order valence-corrected chi connectivity index (χ0v) is 11.2. The number of Topliss-reactive ketones (excluding diaryl/α,β-unsaturated/α-hetero) is 1. The molecule has 18 heavy (non-hydrogen) atoms. The summed E-state index contributed by atoms with van der Waals surface area (Å²) >= 11 is 0. The molecule has 0 aromatic rings. The van der Waals surface area contributed by atoms with Gasteiger partial charge in [0.15, 0.2) is 5.78 Å². The zero-order chi connectivity index (χ0) is 13.6. The number of fused-ring (bicyclic) bond motifs is 1. The number of aliphatic carboxylic acids is 1. The van der Waals surface area contributed by atoms with Crippen LogP contribution < -0.4 is 0 Å². The van der Waals surface area contributed by atoms with Gasteiger partial charge in [0.2, 0.25) is 0 Å². The highest BCUT2D eigenvalue weighted by Crippen LogP contribution is 2.54. The summed E-state index contributed by atoms with van der Waals surface area (Å²) in [5, 5.41) is 9.09. The first-order valence-electron chi connectivity index (χ1n) is 6.41. The molecule has 0 heterocycles. The highest BCUT2D eigenvalue weighted by molar-refractivity contribution is 6.00. The van der Waals surface area contributed by atoms with Gasteiger partial charge in [-0.25, -0.2) is 0 Å². The molecule has 0 aromatic heterocycles. The molecule has 0 aromatic carbocycles. The molecule has 2 aliphatic carbocycles. The van der Waals surface area contributed by atoms with Crippen molar-refractivity contribution >= 4 is 11.8 Å². The Morgan fingerprint density at radius 3 is 2.78 bits per heavy atom. The second kappa shape index (κ2) is 4.08. The molecule has 3 nitrogen and oxygen atoms in total. The van der Waals surface area contributed by atoms with E-state index < -0.39 is 16.8 Å². The van der Waals surface area contributed by atoms with E-state index in [1.165, 1.54) is 0 Å². The monoisotopic (exact) mass is 248 g/mol.